The molecule has 0 aromatic heterocycles. The quantitative estimate of drug-likeness (QED) is 0.221. The van der Waals surface area contributed by atoms with Crippen LogP contribution in [0.5, 0.6) is 0 Å². The molecule has 0 bridgehead atoms. The zero-order chi connectivity index (χ0) is 16.3. The van der Waals surface area contributed by atoms with Crippen molar-refractivity contribution in [2.75, 3.05) is 27.7 Å². The number of nitrogens with zero attached hydrogens (tertiary/aromatic N) is 1. The number of unbranched alkanes of at least 4 members (excludes halogenated alkanes) is 1. The summed E-state index contributed by atoms with van der Waals surface area (Å²) in [5.74, 6) is -1.44. The van der Waals surface area contributed by atoms with Gasteiger partial charge in [-0.3, -0.25) is 4.79 Å². The number of carboxylic acid groups (broad SMARTS) is 1. The highest BCUT2D eigenvalue weighted by Crippen LogP contribution is 2.06. The first kappa shape index (κ1) is 19.4. The monoisotopic (exact) mass is 298 g/mol. The van der Waals surface area contributed by atoms with Gasteiger partial charge in [0.15, 0.2) is 6.10 Å². The zero-order valence-electron chi connectivity index (χ0n) is 13.5. The van der Waals surface area contributed by atoms with E-state index in [9.17, 15) is 9.59 Å². The molecule has 0 aliphatic rings. The topological polar surface area (TPSA) is 63.6 Å². The Morgan fingerprint density at radius 2 is 1.76 bits per heavy atom. The standard InChI is InChI=1S/C16H27NO4/c1-5-6-7-8-9-10-11-16(20)21-14(12-15(18)19)13-17(2,3)4/h6-7,10-11,14H,5,8-9,12-13H2,1-4H3/p+1/b7-6+,11-10+. The molecule has 120 valence electrons. The van der Waals surface area contributed by atoms with Crippen LogP contribution in [0.15, 0.2) is 24.3 Å². The third-order valence-electron chi connectivity index (χ3n) is 2.59. The van der Waals surface area contributed by atoms with Crippen molar-refractivity contribution >= 4 is 11.9 Å². The fourth-order valence-corrected chi connectivity index (χ4v) is 1.81. The fraction of sp³-hybridized carbons (Fsp3) is 0.625. The van der Waals surface area contributed by atoms with Crippen molar-refractivity contribution in [3.05, 3.63) is 24.3 Å². The van der Waals surface area contributed by atoms with Crippen LogP contribution >= 0.6 is 0 Å². The lowest BCUT2D eigenvalue weighted by Crippen LogP contribution is -2.43. The Kier molecular flexibility index (Phi) is 9.37. The normalized spacial score (nSPS) is 13.7. The number of aliphatic carboxylic acids is 1. The molecule has 1 N–H and O–H groups in total. The third kappa shape index (κ3) is 13.1. The van der Waals surface area contributed by atoms with Gasteiger partial charge in [0.25, 0.3) is 0 Å². The summed E-state index contributed by atoms with van der Waals surface area (Å²) in [5.41, 5.74) is 0. The van der Waals surface area contributed by atoms with E-state index in [1.165, 1.54) is 6.08 Å². The number of ether oxygens (including phenoxy) is 1. The zero-order valence-corrected chi connectivity index (χ0v) is 13.5. The van der Waals surface area contributed by atoms with E-state index in [0.717, 1.165) is 19.3 Å². The molecule has 0 saturated heterocycles. The summed E-state index contributed by atoms with van der Waals surface area (Å²) in [5, 5.41) is 8.87. The maximum Gasteiger partial charge on any atom is 0.330 e. The molecule has 5 nitrogen and oxygen atoms in total. The van der Waals surface area contributed by atoms with Crippen LogP contribution in [0.4, 0.5) is 0 Å². The van der Waals surface area contributed by atoms with Crippen LogP contribution in [-0.2, 0) is 14.3 Å². The van der Waals surface area contributed by atoms with Gasteiger partial charge in [-0.15, -0.1) is 0 Å². The van der Waals surface area contributed by atoms with Crippen LogP contribution in [0.2, 0.25) is 0 Å². The maximum absolute atomic E-state index is 11.7. The van der Waals surface area contributed by atoms with E-state index in [4.69, 9.17) is 9.84 Å². The first-order valence-electron chi connectivity index (χ1n) is 7.29. The Balaban J connectivity index is 4.29. The van der Waals surface area contributed by atoms with Gasteiger partial charge in [0.05, 0.1) is 27.6 Å². The first-order valence-corrected chi connectivity index (χ1v) is 7.29. The summed E-state index contributed by atoms with van der Waals surface area (Å²) < 4.78 is 5.76. The summed E-state index contributed by atoms with van der Waals surface area (Å²) in [7, 11) is 5.79. The van der Waals surface area contributed by atoms with Crippen molar-refractivity contribution in [3.63, 3.8) is 0 Å². The lowest BCUT2D eigenvalue weighted by Gasteiger charge is -2.28. The van der Waals surface area contributed by atoms with E-state index >= 15 is 0 Å². The SMILES string of the molecule is CC/C=C/CC/C=C/C(=O)OC(CC(=O)O)C[N+](C)(C)C. The number of esters is 1. The second-order valence-corrected chi connectivity index (χ2v) is 5.99. The molecule has 0 rings (SSSR count). The molecule has 0 amide bonds. The minimum absolute atomic E-state index is 0.172. The van der Waals surface area contributed by atoms with Gasteiger partial charge in [-0.2, -0.15) is 0 Å². The second-order valence-electron chi connectivity index (χ2n) is 5.99. The molecule has 0 radical (unpaired) electrons. The fourth-order valence-electron chi connectivity index (χ4n) is 1.81. The molecule has 0 aromatic carbocycles. The molecule has 0 heterocycles. The molecular formula is C16H28NO4+. The van der Waals surface area contributed by atoms with Crippen LogP contribution < -0.4 is 0 Å². The van der Waals surface area contributed by atoms with Crippen LogP contribution in [0.3, 0.4) is 0 Å². The number of carbonyl (C=O) groups is 2. The Hall–Kier alpha value is -1.62. The molecule has 1 atom stereocenters. The lowest BCUT2D eigenvalue weighted by atomic mass is 10.2. The van der Waals surface area contributed by atoms with Crippen molar-refractivity contribution in [1.82, 2.24) is 0 Å². The number of carboxylic acids is 1. The molecule has 21 heavy (non-hydrogen) atoms. The third-order valence-corrected chi connectivity index (χ3v) is 2.59. The summed E-state index contributed by atoms with van der Waals surface area (Å²) in [6, 6.07) is 0. The van der Waals surface area contributed by atoms with Gasteiger partial charge in [-0.1, -0.05) is 25.2 Å². The van der Waals surface area contributed by atoms with E-state index in [1.807, 2.05) is 21.1 Å². The summed E-state index contributed by atoms with van der Waals surface area (Å²) in [4.78, 5) is 22.5. The largest absolute Gasteiger partial charge is 0.481 e. The van der Waals surface area contributed by atoms with Crippen molar-refractivity contribution in [2.24, 2.45) is 0 Å². The Labute approximate surface area is 127 Å². The van der Waals surface area contributed by atoms with Gasteiger partial charge < -0.3 is 14.3 Å². The predicted molar refractivity (Wildman–Crippen MR) is 82.8 cm³/mol. The molecule has 0 saturated carbocycles. The van der Waals surface area contributed by atoms with Gasteiger partial charge in [-0.25, -0.2) is 4.79 Å². The number of carbonyl (C=O) groups excluding carboxylic acids is 1. The van der Waals surface area contributed by atoms with Crippen molar-refractivity contribution in [3.8, 4) is 0 Å². The summed E-state index contributed by atoms with van der Waals surface area (Å²) in [6.45, 7) is 2.53. The van der Waals surface area contributed by atoms with E-state index in [-0.39, 0.29) is 6.42 Å². The van der Waals surface area contributed by atoms with Crippen molar-refractivity contribution < 1.29 is 23.9 Å². The minimum atomic E-state index is -0.963. The summed E-state index contributed by atoms with van der Waals surface area (Å²) in [6.07, 6.45) is 9.16. The van der Waals surface area contributed by atoms with E-state index in [2.05, 4.69) is 19.1 Å². The first-order chi connectivity index (χ1) is 9.74. The average molecular weight is 298 g/mol. The molecule has 5 heteroatoms. The van der Waals surface area contributed by atoms with E-state index < -0.39 is 18.0 Å². The van der Waals surface area contributed by atoms with Gasteiger partial charge >= 0.3 is 11.9 Å². The molecule has 0 fully saturated rings. The van der Waals surface area contributed by atoms with Gasteiger partial charge in [-0.05, 0) is 19.3 Å². The predicted octanol–water partition coefficient (Wildman–Crippen LogP) is 2.38. The van der Waals surface area contributed by atoms with Crippen molar-refractivity contribution in [1.29, 1.82) is 0 Å². The highest BCUT2D eigenvalue weighted by atomic mass is 16.5. The maximum atomic E-state index is 11.7. The Bertz CT molecular complexity index is 380. The van der Waals surface area contributed by atoms with Gasteiger partial charge in [0, 0.05) is 6.08 Å². The minimum Gasteiger partial charge on any atom is -0.481 e. The molecule has 0 aromatic rings. The van der Waals surface area contributed by atoms with Crippen LogP contribution in [0.25, 0.3) is 0 Å². The van der Waals surface area contributed by atoms with Gasteiger partial charge in [0.1, 0.15) is 6.54 Å². The highest BCUT2D eigenvalue weighted by Gasteiger charge is 2.23. The van der Waals surface area contributed by atoms with Crippen LogP contribution in [0.1, 0.15) is 32.6 Å². The number of likely N-dealkylation sites (N-methyl/N-ethyl adjacent to an activating group) is 1. The van der Waals surface area contributed by atoms with Gasteiger partial charge in [0.2, 0.25) is 0 Å². The number of hydrogen-bond donors (Lipinski definition) is 1. The smallest absolute Gasteiger partial charge is 0.330 e. The molecule has 0 aliphatic heterocycles. The Morgan fingerprint density at radius 3 is 2.29 bits per heavy atom. The average Bonchev–Trinajstić information content (AvgIpc) is 2.30. The summed E-state index contributed by atoms with van der Waals surface area (Å²) >= 11 is 0. The number of rotatable bonds is 10. The van der Waals surface area contributed by atoms with Crippen molar-refractivity contribution in [2.45, 2.75) is 38.7 Å². The second kappa shape index (κ2) is 10.2. The number of hydrogen-bond acceptors (Lipinski definition) is 3. The molecule has 1 unspecified atom stereocenters. The molecular weight excluding hydrogens is 270 g/mol. The lowest BCUT2D eigenvalue weighted by molar-refractivity contribution is -0.873. The van der Waals surface area contributed by atoms with Crippen LogP contribution in [-0.4, -0.2) is 55.3 Å². The number of allylic oxidation sites excluding steroid dienone is 3. The van der Waals surface area contributed by atoms with E-state index in [1.54, 1.807) is 6.08 Å². The number of quaternary nitrogens is 1. The van der Waals surface area contributed by atoms with E-state index in [0.29, 0.717) is 11.0 Å². The highest BCUT2D eigenvalue weighted by molar-refractivity contribution is 5.82. The molecule has 0 aliphatic carbocycles. The van der Waals surface area contributed by atoms with Crippen LogP contribution in [0, 0.1) is 0 Å². The molecule has 0 spiro atoms. The Morgan fingerprint density at radius 1 is 1.14 bits per heavy atom.